The first kappa shape index (κ1) is 20.4. The number of nitrogens with zero attached hydrogens (tertiary/aromatic N) is 2. The molecule has 0 aromatic heterocycles. The van der Waals surface area contributed by atoms with Gasteiger partial charge in [0.2, 0.25) is 0 Å². The van der Waals surface area contributed by atoms with Crippen LogP contribution in [0.1, 0.15) is 31.2 Å². The molecule has 5 nitrogen and oxygen atoms in total. The smallest absolute Gasteiger partial charge is 0.193 e. The number of nitrogens with one attached hydrogen (secondary N) is 1. The fourth-order valence-corrected chi connectivity index (χ4v) is 4.88. The van der Waals surface area contributed by atoms with Gasteiger partial charge in [0.05, 0.1) is 10.6 Å². The molecular formula is C22H29N3O2S. The molecule has 0 bridgehead atoms. The molecule has 0 radical (unpaired) electrons. The van der Waals surface area contributed by atoms with Gasteiger partial charge in [-0.1, -0.05) is 48.5 Å². The van der Waals surface area contributed by atoms with Crippen molar-refractivity contribution in [1.29, 1.82) is 0 Å². The average molecular weight is 400 g/mol. The Kier molecular flexibility index (Phi) is 7.09. The van der Waals surface area contributed by atoms with Gasteiger partial charge in [0.25, 0.3) is 0 Å². The van der Waals surface area contributed by atoms with Crippen molar-refractivity contribution in [3.63, 3.8) is 0 Å². The lowest BCUT2D eigenvalue weighted by atomic mass is 9.99. The molecule has 1 aliphatic heterocycles. The molecule has 2 aromatic carbocycles. The van der Waals surface area contributed by atoms with Crippen molar-refractivity contribution in [1.82, 2.24) is 10.2 Å². The van der Waals surface area contributed by atoms with Crippen LogP contribution in [0.5, 0.6) is 0 Å². The Hall–Kier alpha value is -2.34. The van der Waals surface area contributed by atoms with Gasteiger partial charge in [-0.3, -0.25) is 4.99 Å². The molecule has 0 aliphatic carbocycles. The number of hydrogen-bond acceptors (Lipinski definition) is 3. The van der Waals surface area contributed by atoms with E-state index in [0.717, 1.165) is 32.0 Å². The molecule has 1 N–H and O–H groups in total. The van der Waals surface area contributed by atoms with Crippen molar-refractivity contribution >= 4 is 15.8 Å². The van der Waals surface area contributed by atoms with Crippen molar-refractivity contribution in [2.75, 3.05) is 31.9 Å². The summed E-state index contributed by atoms with van der Waals surface area (Å²) >= 11 is 0. The number of hydrogen-bond donors (Lipinski definition) is 1. The molecule has 6 heteroatoms. The van der Waals surface area contributed by atoms with Crippen LogP contribution < -0.4 is 5.32 Å². The lowest BCUT2D eigenvalue weighted by molar-refractivity contribution is 0.486. The Morgan fingerprint density at radius 2 is 1.79 bits per heavy atom. The van der Waals surface area contributed by atoms with Gasteiger partial charge in [0.1, 0.15) is 0 Å². The van der Waals surface area contributed by atoms with Crippen LogP contribution in [-0.4, -0.2) is 51.2 Å². The second-order valence-electron chi connectivity index (χ2n) is 7.06. The highest BCUT2D eigenvalue weighted by Crippen LogP contribution is 2.26. The van der Waals surface area contributed by atoms with E-state index in [4.69, 9.17) is 0 Å². The van der Waals surface area contributed by atoms with Crippen LogP contribution in [0.4, 0.5) is 0 Å². The number of likely N-dealkylation sites (tertiary alicyclic amines) is 1. The normalized spacial score (nSPS) is 17.7. The van der Waals surface area contributed by atoms with E-state index >= 15 is 0 Å². The van der Waals surface area contributed by atoms with Crippen LogP contribution in [0.2, 0.25) is 0 Å². The van der Waals surface area contributed by atoms with E-state index in [1.165, 1.54) is 5.56 Å². The topological polar surface area (TPSA) is 61.8 Å². The van der Waals surface area contributed by atoms with Gasteiger partial charge in [-0.25, -0.2) is 8.42 Å². The summed E-state index contributed by atoms with van der Waals surface area (Å²) in [5.41, 5.74) is 1.37. The fraction of sp³-hybridized carbons (Fsp3) is 0.409. The first-order valence-electron chi connectivity index (χ1n) is 9.96. The van der Waals surface area contributed by atoms with Crippen LogP contribution in [0.25, 0.3) is 0 Å². The van der Waals surface area contributed by atoms with Crippen LogP contribution in [0.15, 0.2) is 70.6 Å². The Labute approximate surface area is 168 Å². The molecule has 2 aromatic rings. The number of aliphatic imine (C=N–C) groups is 1. The minimum absolute atomic E-state index is 0.118. The number of rotatable bonds is 7. The van der Waals surface area contributed by atoms with Crippen molar-refractivity contribution in [2.45, 2.75) is 30.6 Å². The summed E-state index contributed by atoms with van der Waals surface area (Å²) in [6, 6.07) is 19.2. The van der Waals surface area contributed by atoms with Crippen molar-refractivity contribution in [2.24, 2.45) is 4.99 Å². The number of guanidine groups is 1. The van der Waals surface area contributed by atoms with E-state index in [9.17, 15) is 8.42 Å². The molecule has 150 valence electrons. The first-order valence-corrected chi connectivity index (χ1v) is 11.6. The van der Waals surface area contributed by atoms with Gasteiger partial charge in [-0.2, -0.15) is 0 Å². The first-order chi connectivity index (χ1) is 13.6. The van der Waals surface area contributed by atoms with Gasteiger partial charge >= 0.3 is 0 Å². The SMILES string of the molecule is CCNC(=NCCCS(=O)(=O)c1ccccc1)N1CCC(c2ccccc2)C1. The molecule has 28 heavy (non-hydrogen) atoms. The Morgan fingerprint density at radius 1 is 1.11 bits per heavy atom. The molecule has 1 saturated heterocycles. The maximum absolute atomic E-state index is 12.4. The maximum Gasteiger partial charge on any atom is 0.193 e. The summed E-state index contributed by atoms with van der Waals surface area (Å²) in [4.78, 5) is 7.36. The summed E-state index contributed by atoms with van der Waals surface area (Å²) < 4.78 is 24.8. The predicted octanol–water partition coefficient (Wildman–Crippen LogP) is 3.31. The third kappa shape index (κ3) is 5.35. The predicted molar refractivity (Wildman–Crippen MR) is 114 cm³/mol. The second kappa shape index (κ2) is 9.73. The maximum atomic E-state index is 12.4. The molecule has 1 fully saturated rings. The van der Waals surface area contributed by atoms with E-state index in [2.05, 4.69) is 46.4 Å². The summed E-state index contributed by atoms with van der Waals surface area (Å²) in [6.07, 6.45) is 1.62. The van der Waals surface area contributed by atoms with Crippen molar-refractivity contribution < 1.29 is 8.42 Å². The Morgan fingerprint density at radius 3 is 2.46 bits per heavy atom. The van der Waals surface area contributed by atoms with Crippen molar-refractivity contribution in [3.05, 3.63) is 66.2 Å². The van der Waals surface area contributed by atoms with Gasteiger partial charge in [-0.15, -0.1) is 0 Å². The highest BCUT2D eigenvalue weighted by molar-refractivity contribution is 7.91. The lowest BCUT2D eigenvalue weighted by Crippen LogP contribution is -2.40. The number of benzene rings is 2. The minimum atomic E-state index is -3.24. The third-order valence-electron chi connectivity index (χ3n) is 5.03. The third-order valence-corrected chi connectivity index (χ3v) is 6.85. The van der Waals surface area contributed by atoms with Crippen LogP contribution >= 0.6 is 0 Å². The van der Waals surface area contributed by atoms with Crippen LogP contribution in [0.3, 0.4) is 0 Å². The standard InChI is InChI=1S/C22H29N3O2S/c1-2-23-22(25-16-14-20(18-25)19-10-5-3-6-11-19)24-15-9-17-28(26,27)21-12-7-4-8-13-21/h3-8,10-13,20H,2,9,14-18H2,1H3,(H,23,24). The van der Waals surface area contributed by atoms with E-state index in [0.29, 0.717) is 23.8 Å². The van der Waals surface area contributed by atoms with E-state index in [-0.39, 0.29) is 5.75 Å². The molecule has 0 saturated carbocycles. The quantitative estimate of drug-likeness (QED) is 0.441. The average Bonchev–Trinajstić information content (AvgIpc) is 3.22. The van der Waals surface area contributed by atoms with E-state index in [1.54, 1.807) is 24.3 Å². The Bertz CT molecular complexity index is 867. The molecule has 1 atom stereocenters. The highest BCUT2D eigenvalue weighted by atomic mass is 32.2. The molecule has 1 aliphatic rings. The largest absolute Gasteiger partial charge is 0.357 e. The molecule has 1 unspecified atom stereocenters. The Balaban J connectivity index is 1.56. The number of sulfone groups is 1. The summed E-state index contributed by atoms with van der Waals surface area (Å²) in [5.74, 6) is 1.52. The summed E-state index contributed by atoms with van der Waals surface area (Å²) in [7, 11) is -3.24. The fourth-order valence-electron chi connectivity index (χ4n) is 3.56. The monoisotopic (exact) mass is 399 g/mol. The zero-order valence-electron chi connectivity index (χ0n) is 16.4. The van der Waals surface area contributed by atoms with Gasteiger partial charge in [0, 0.05) is 32.1 Å². The van der Waals surface area contributed by atoms with Gasteiger partial charge in [0.15, 0.2) is 15.8 Å². The summed E-state index contributed by atoms with van der Waals surface area (Å²) in [6.45, 7) is 5.26. The zero-order chi connectivity index (χ0) is 19.8. The lowest BCUT2D eigenvalue weighted by Gasteiger charge is -2.21. The van der Waals surface area contributed by atoms with Gasteiger partial charge < -0.3 is 10.2 Å². The van der Waals surface area contributed by atoms with Gasteiger partial charge in [-0.05, 0) is 37.5 Å². The van der Waals surface area contributed by atoms with Crippen LogP contribution in [-0.2, 0) is 9.84 Å². The van der Waals surface area contributed by atoms with Crippen molar-refractivity contribution in [3.8, 4) is 0 Å². The molecular weight excluding hydrogens is 370 g/mol. The highest BCUT2D eigenvalue weighted by Gasteiger charge is 2.25. The molecule has 0 spiro atoms. The van der Waals surface area contributed by atoms with E-state index in [1.807, 2.05) is 12.1 Å². The minimum Gasteiger partial charge on any atom is -0.357 e. The second-order valence-corrected chi connectivity index (χ2v) is 9.17. The molecule has 1 heterocycles. The molecule has 3 rings (SSSR count). The molecule has 0 amide bonds. The zero-order valence-corrected chi connectivity index (χ0v) is 17.2. The van der Waals surface area contributed by atoms with E-state index < -0.39 is 9.84 Å². The van der Waals surface area contributed by atoms with Crippen LogP contribution in [0, 0.1) is 0 Å². The summed E-state index contributed by atoms with van der Waals surface area (Å²) in [5, 5.41) is 3.35.